The van der Waals surface area contributed by atoms with E-state index in [4.69, 9.17) is 0 Å². The van der Waals surface area contributed by atoms with Gasteiger partial charge in [0.2, 0.25) is 0 Å². The van der Waals surface area contributed by atoms with E-state index in [0.29, 0.717) is 18.8 Å². The van der Waals surface area contributed by atoms with Gasteiger partial charge in [0, 0.05) is 19.5 Å². The van der Waals surface area contributed by atoms with E-state index in [1.54, 1.807) is 6.08 Å². The summed E-state index contributed by atoms with van der Waals surface area (Å²) in [7, 11) is 0. The first-order valence-electron chi connectivity index (χ1n) is 12.0. The summed E-state index contributed by atoms with van der Waals surface area (Å²) in [5.74, 6) is 0.592. The van der Waals surface area contributed by atoms with Gasteiger partial charge in [0.05, 0.1) is 0 Å². The molecule has 1 N–H and O–H groups in total. The fourth-order valence-electron chi connectivity index (χ4n) is 9.35. The summed E-state index contributed by atoms with van der Waals surface area (Å²) in [6.45, 7) is 23.3. The molecule has 33 heavy (non-hydrogen) atoms. The smallest absolute Gasteiger partial charge is 0.380 e. The molecule has 0 bridgehead atoms. The summed E-state index contributed by atoms with van der Waals surface area (Å²) in [5, 5.41) is 10.6. The summed E-state index contributed by atoms with van der Waals surface area (Å²) in [6, 6.07) is 0. The van der Waals surface area contributed by atoms with Crippen LogP contribution in [-0.2, 0) is 19.5 Å². The molecule has 4 rings (SSSR count). The number of aliphatic hydroxyl groups is 1. The first-order valence-corrected chi connectivity index (χ1v) is 12.0. The number of alkyl halides is 3. The Balaban J connectivity index is 0.00000306. The molecule has 4 fully saturated rings. The minimum Gasteiger partial charge on any atom is -0.380 e. The van der Waals surface area contributed by atoms with Gasteiger partial charge in [-0.15, -0.1) is 19.7 Å². The molecular formula is C28H38F3ORh-. The topological polar surface area (TPSA) is 20.2 Å². The first-order chi connectivity index (χ1) is 14.8. The zero-order chi connectivity index (χ0) is 23.8. The van der Waals surface area contributed by atoms with E-state index in [-0.39, 0.29) is 60.4 Å². The second-order valence-corrected chi connectivity index (χ2v) is 11.6. The average molecular weight is 551 g/mol. The molecule has 0 spiro atoms. The van der Waals surface area contributed by atoms with Crippen molar-refractivity contribution in [2.45, 2.75) is 76.5 Å². The van der Waals surface area contributed by atoms with Crippen LogP contribution in [0, 0.1) is 46.3 Å². The Morgan fingerprint density at radius 1 is 0.939 bits per heavy atom. The molecule has 5 heteroatoms. The van der Waals surface area contributed by atoms with Gasteiger partial charge in [-0.25, -0.2) is 19.1 Å². The monoisotopic (exact) mass is 550 g/mol. The van der Waals surface area contributed by atoms with Crippen LogP contribution in [0.1, 0.15) is 64.7 Å². The number of fused-ring (bicyclic) bond motifs is 5. The Morgan fingerprint density at radius 2 is 1.58 bits per heavy atom. The van der Waals surface area contributed by atoms with E-state index in [9.17, 15) is 18.3 Å². The van der Waals surface area contributed by atoms with Gasteiger partial charge in [-0.05, 0) is 97.2 Å². The molecule has 0 amide bonds. The number of allylic oxidation sites excluding steroid dienone is 4. The van der Waals surface area contributed by atoms with Gasteiger partial charge < -0.3 is 5.11 Å². The van der Waals surface area contributed by atoms with Gasteiger partial charge in [-0.2, -0.15) is 13.2 Å². The zero-order valence-electron chi connectivity index (χ0n) is 19.8. The maximum atomic E-state index is 13.8. The number of halogens is 3. The Labute approximate surface area is 210 Å². The van der Waals surface area contributed by atoms with E-state index in [1.165, 1.54) is 0 Å². The second kappa shape index (κ2) is 8.12. The molecule has 1 nitrogen and oxygen atoms in total. The summed E-state index contributed by atoms with van der Waals surface area (Å²) >= 11 is 0. The van der Waals surface area contributed by atoms with Crippen LogP contribution in [0.15, 0.2) is 50.1 Å². The Kier molecular flexibility index (Phi) is 6.60. The molecule has 0 aromatic carbocycles. The predicted octanol–water partition coefficient (Wildman–Crippen LogP) is 7.60. The average Bonchev–Trinajstić information content (AvgIpc) is 3.05. The van der Waals surface area contributed by atoms with Crippen molar-refractivity contribution in [3.05, 3.63) is 57.0 Å². The van der Waals surface area contributed by atoms with Gasteiger partial charge in [-0.1, -0.05) is 25.2 Å². The normalized spacial score (nSPS) is 48.9. The zero-order valence-corrected chi connectivity index (χ0v) is 21.4. The van der Waals surface area contributed by atoms with Gasteiger partial charge in [0.1, 0.15) is 0 Å². The number of hydrogen-bond donors (Lipinski definition) is 1. The van der Waals surface area contributed by atoms with Crippen molar-refractivity contribution in [1.29, 1.82) is 0 Å². The van der Waals surface area contributed by atoms with Crippen LogP contribution in [0.2, 0.25) is 0 Å². The SMILES string of the molecule is C=C[C@]12CC[C@@H]3[C@](C=C)(CC[C@]4(C)[C@@H](C(=C)[CH2-])CC[C@@]34C=C)[C@H]1CC[C@](O)(C(F)(F)F)C2.[Rh]. The van der Waals surface area contributed by atoms with Crippen molar-refractivity contribution in [3.8, 4) is 0 Å². The van der Waals surface area contributed by atoms with Crippen LogP contribution in [0.5, 0.6) is 0 Å². The van der Waals surface area contributed by atoms with Crippen LogP contribution in [-0.4, -0.2) is 16.9 Å². The van der Waals surface area contributed by atoms with E-state index in [2.05, 4.69) is 52.3 Å². The molecule has 0 unspecified atom stereocenters. The Hall–Kier alpha value is -0.797. The predicted molar refractivity (Wildman–Crippen MR) is 124 cm³/mol. The summed E-state index contributed by atoms with van der Waals surface area (Å²) < 4.78 is 41.5. The summed E-state index contributed by atoms with van der Waals surface area (Å²) in [4.78, 5) is 0. The van der Waals surface area contributed by atoms with Crippen LogP contribution in [0.25, 0.3) is 0 Å². The molecule has 0 saturated heterocycles. The molecule has 187 valence electrons. The molecule has 4 aliphatic carbocycles. The van der Waals surface area contributed by atoms with Crippen molar-refractivity contribution in [2.75, 3.05) is 0 Å². The van der Waals surface area contributed by atoms with Crippen molar-refractivity contribution in [2.24, 2.45) is 39.4 Å². The van der Waals surface area contributed by atoms with E-state index in [0.717, 1.165) is 37.7 Å². The van der Waals surface area contributed by atoms with Crippen molar-refractivity contribution < 1.29 is 37.8 Å². The molecule has 0 aromatic rings. The Bertz CT molecular complexity index is 851. The van der Waals surface area contributed by atoms with E-state index in [1.807, 2.05) is 0 Å². The largest absolute Gasteiger partial charge is 0.417 e. The Morgan fingerprint density at radius 3 is 2.09 bits per heavy atom. The van der Waals surface area contributed by atoms with Gasteiger partial charge in [0.25, 0.3) is 0 Å². The van der Waals surface area contributed by atoms with Gasteiger partial charge in [-0.3, -0.25) is 0 Å². The number of hydrogen-bond acceptors (Lipinski definition) is 1. The van der Waals surface area contributed by atoms with Crippen molar-refractivity contribution >= 4 is 0 Å². The molecule has 0 heterocycles. The minimum atomic E-state index is -4.63. The van der Waals surface area contributed by atoms with Crippen molar-refractivity contribution in [3.63, 3.8) is 0 Å². The molecule has 0 aliphatic heterocycles. The quantitative estimate of drug-likeness (QED) is 0.217. The summed E-state index contributed by atoms with van der Waals surface area (Å²) in [5.41, 5.74) is -2.81. The third-order valence-electron chi connectivity index (χ3n) is 10.9. The van der Waals surface area contributed by atoms with Gasteiger partial charge in [0.15, 0.2) is 5.60 Å². The van der Waals surface area contributed by atoms with Crippen LogP contribution < -0.4 is 0 Å². The maximum absolute atomic E-state index is 13.8. The number of rotatable bonds is 4. The fourth-order valence-corrected chi connectivity index (χ4v) is 9.35. The molecule has 0 aromatic heterocycles. The minimum absolute atomic E-state index is 0. The standard InChI is InChI=1S/C28H38F3O.Rh/c1-7-24-13-11-22-25(8-2,21(24)12-15-27(32,18-24)28(29,30)31)17-16-23(6)20(19(4)5)10-14-26(22,23)9-3;/h7-9,20-22,32H,1-5,10-18H2,6H3;/q-1;/t20-,21+,22-,23-,24-,25-,26+,27-;/m1./s1. The molecule has 8 atom stereocenters. The van der Waals surface area contributed by atoms with Crippen LogP contribution in [0.3, 0.4) is 0 Å². The third-order valence-corrected chi connectivity index (χ3v) is 10.9. The first kappa shape index (κ1) is 26.8. The molecule has 4 saturated carbocycles. The van der Waals surface area contributed by atoms with Crippen LogP contribution >= 0.6 is 0 Å². The van der Waals surface area contributed by atoms with E-state index >= 15 is 0 Å². The van der Waals surface area contributed by atoms with Gasteiger partial charge >= 0.3 is 6.18 Å². The fraction of sp³-hybridized carbons (Fsp3) is 0.679. The van der Waals surface area contributed by atoms with E-state index < -0.39 is 17.2 Å². The maximum Gasteiger partial charge on any atom is 0.417 e. The van der Waals surface area contributed by atoms with Crippen molar-refractivity contribution in [1.82, 2.24) is 0 Å². The molecular weight excluding hydrogens is 512 g/mol. The second-order valence-electron chi connectivity index (χ2n) is 11.6. The molecule has 1 radical (unpaired) electrons. The third kappa shape index (κ3) is 3.20. The van der Waals surface area contributed by atoms with Crippen LogP contribution in [0.4, 0.5) is 13.2 Å². The molecule has 4 aliphatic rings. The summed E-state index contributed by atoms with van der Waals surface area (Å²) in [6.07, 6.45) is 6.39.